The number of hydrogen-bond donors (Lipinski definition) is 2. The van der Waals surface area contributed by atoms with Gasteiger partial charge in [-0.25, -0.2) is 0 Å². The van der Waals surface area contributed by atoms with E-state index in [-0.39, 0.29) is 21.5 Å². The molecule has 2 rings (SSSR count). The highest BCUT2D eigenvalue weighted by Crippen LogP contribution is 2.40. The van der Waals surface area contributed by atoms with Crippen molar-refractivity contribution in [1.82, 2.24) is 0 Å². The second-order valence-electron chi connectivity index (χ2n) is 2.90. The lowest BCUT2D eigenvalue weighted by Crippen LogP contribution is -1.78. The van der Waals surface area contributed by atoms with Crippen LogP contribution in [0.25, 0.3) is 10.8 Å². The van der Waals surface area contributed by atoms with Crippen molar-refractivity contribution in [1.29, 1.82) is 0 Å². The van der Waals surface area contributed by atoms with Crippen LogP contribution in [0, 0.1) is 0 Å². The summed E-state index contributed by atoms with van der Waals surface area (Å²) in [6.07, 6.45) is 0. The van der Waals surface area contributed by atoms with E-state index in [2.05, 4.69) is 0 Å². The number of phenols is 2. The van der Waals surface area contributed by atoms with Gasteiger partial charge in [-0.15, -0.1) is 0 Å². The van der Waals surface area contributed by atoms with Crippen molar-refractivity contribution in [3.05, 3.63) is 34.3 Å². The minimum absolute atomic E-state index is 0.0494. The zero-order valence-electron chi connectivity index (χ0n) is 6.96. The first-order valence-electron chi connectivity index (χ1n) is 3.90. The van der Waals surface area contributed by atoms with Crippen LogP contribution in [0.3, 0.4) is 0 Å². The minimum Gasteiger partial charge on any atom is -0.506 e. The molecule has 2 N–H and O–H groups in total. The summed E-state index contributed by atoms with van der Waals surface area (Å²) in [7, 11) is 0. The normalized spacial score (nSPS) is 10.7. The fraction of sp³-hybridized carbons (Fsp3) is 0. The van der Waals surface area contributed by atoms with E-state index in [0.29, 0.717) is 5.39 Å². The Hall–Kier alpha value is -1.12. The average Bonchev–Trinajstić information content (AvgIpc) is 2.17. The average molecular weight is 229 g/mol. The van der Waals surface area contributed by atoms with Gasteiger partial charge >= 0.3 is 0 Å². The van der Waals surface area contributed by atoms with Crippen LogP contribution < -0.4 is 0 Å². The molecule has 14 heavy (non-hydrogen) atoms. The number of halogens is 2. The van der Waals surface area contributed by atoms with Gasteiger partial charge < -0.3 is 10.2 Å². The van der Waals surface area contributed by atoms with E-state index in [4.69, 9.17) is 23.2 Å². The molecule has 0 bridgehead atoms. The summed E-state index contributed by atoms with van der Waals surface area (Å²) in [6.45, 7) is 0. The third-order valence-corrected chi connectivity index (χ3v) is 2.78. The number of aromatic hydroxyl groups is 2. The molecule has 0 saturated carbocycles. The topological polar surface area (TPSA) is 40.5 Å². The van der Waals surface area contributed by atoms with E-state index in [0.717, 1.165) is 5.39 Å². The molecule has 2 nitrogen and oxygen atoms in total. The second-order valence-corrected chi connectivity index (χ2v) is 3.65. The van der Waals surface area contributed by atoms with Crippen LogP contribution in [0.15, 0.2) is 24.3 Å². The van der Waals surface area contributed by atoms with Crippen molar-refractivity contribution in [3.8, 4) is 11.5 Å². The van der Waals surface area contributed by atoms with Crippen molar-refractivity contribution < 1.29 is 10.2 Å². The van der Waals surface area contributed by atoms with Gasteiger partial charge in [0.25, 0.3) is 0 Å². The number of hydrogen-bond acceptors (Lipinski definition) is 2. The summed E-state index contributed by atoms with van der Waals surface area (Å²) in [6, 6.07) is 6.33. The Labute approximate surface area is 90.3 Å². The van der Waals surface area contributed by atoms with E-state index in [1.807, 2.05) is 0 Å². The monoisotopic (exact) mass is 228 g/mol. The van der Waals surface area contributed by atoms with Gasteiger partial charge in [0, 0.05) is 5.39 Å². The van der Waals surface area contributed by atoms with Crippen LogP contribution in [0.5, 0.6) is 11.5 Å². The molecule has 0 atom stereocenters. The van der Waals surface area contributed by atoms with Gasteiger partial charge in [0.2, 0.25) is 0 Å². The Morgan fingerprint density at radius 1 is 0.786 bits per heavy atom. The predicted octanol–water partition coefficient (Wildman–Crippen LogP) is 3.56. The van der Waals surface area contributed by atoms with Gasteiger partial charge in [-0.05, 0) is 17.5 Å². The lowest BCUT2D eigenvalue weighted by molar-refractivity contribution is 0.475. The maximum absolute atomic E-state index is 9.36. The summed E-state index contributed by atoms with van der Waals surface area (Å²) in [5.41, 5.74) is 0. The van der Waals surface area contributed by atoms with Crippen molar-refractivity contribution >= 4 is 34.0 Å². The summed E-state index contributed by atoms with van der Waals surface area (Å²) >= 11 is 11.7. The fourth-order valence-corrected chi connectivity index (χ4v) is 1.89. The van der Waals surface area contributed by atoms with Gasteiger partial charge in [-0.3, -0.25) is 0 Å². The molecule has 0 unspecified atom stereocenters. The molecule has 0 aromatic heterocycles. The van der Waals surface area contributed by atoms with E-state index >= 15 is 0 Å². The Morgan fingerprint density at radius 2 is 1.21 bits per heavy atom. The van der Waals surface area contributed by atoms with Crippen LogP contribution >= 0.6 is 23.2 Å². The third kappa shape index (κ3) is 1.27. The zero-order valence-corrected chi connectivity index (χ0v) is 8.47. The Kier molecular flexibility index (Phi) is 2.17. The molecule has 0 fully saturated rings. The van der Waals surface area contributed by atoms with Crippen molar-refractivity contribution in [2.45, 2.75) is 0 Å². The van der Waals surface area contributed by atoms with Gasteiger partial charge in [-0.1, -0.05) is 35.3 Å². The summed E-state index contributed by atoms with van der Waals surface area (Å²) < 4.78 is 0. The SMILES string of the molecule is Oc1ccc2ccc(O)c(Cl)c2c1Cl. The van der Waals surface area contributed by atoms with Crippen LogP contribution in [-0.2, 0) is 0 Å². The largest absolute Gasteiger partial charge is 0.506 e. The first-order chi connectivity index (χ1) is 6.61. The van der Waals surface area contributed by atoms with E-state index in [9.17, 15) is 10.2 Å². The van der Waals surface area contributed by atoms with Gasteiger partial charge in [0.05, 0.1) is 10.0 Å². The molecule has 0 heterocycles. The lowest BCUT2D eigenvalue weighted by atomic mass is 10.1. The maximum Gasteiger partial charge on any atom is 0.134 e. The van der Waals surface area contributed by atoms with Gasteiger partial charge in [0.15, 0.2) is 0 Å². The van der Waals surface area contributed by atoms with Crippen LogP contribution in [-0.4, -0.2) is 10.2 Å². The highest BCUT2D eigenvalue weighted by molar-refractivity contribution is 6.43. The minimum atomic E-state index is -0.0494. The molecule has 2 aromatic carbocycles. The second kappa shape index (κ2) is 3.23. The quantitative estimate of drug-likeness (QED) is 0.724. The molecule has 0 aliphatic rings. The van der Waals surface area contributed by atoms with E-state index in [1.165, 1.54) is 12.1 Å². The Balaban J connectivity index is 2.98. The van der Waals surface area contributed by atoms with Gasteiger partial charge in [0.1, 0.15) is 11.5 Å². The van der Waals surface area contributed by atoms with Crippen molar-refractivity contribution in [2.75, 3.05) is 0 Å². The lowest BCUT2D eigenvalue weighted by Gasteiger charge is -2.05. The molecular weight excluding hydrogens is 223 g/mol. The van der Waals surface area contributed by atoms with Crippen molar-refractivity contribution in [2.24, 2.45) is 0 Å². The van der Waals surface area contributed by atoms with Crippen molar-refractivity contribution in [3.63, 3.8) is 0 Å². The maximum atomic E-state index is 9.36. The molecule has 2 aromatic rings. The molecule has 0 spiro atoms. The van der Waals surface area contributed by atoms with Crippen LogP contribution in [0.1, 0.15) is 0 Å². The Morgan fingerprint density at radius 3 is 1.64 bits per heavy atom. The Bertz CT molecular complexity index is 466. The smallest absolute Gasteiger partial charge is 0.134 e. The third-order valence-electron chi connectivity index (χ3n) is 2.02. The summed E-state index contributed by atoms with van der Waals surface area (Å²) in [5, 5.41) is 20.3. The van der Waals surface area contributed by atoms with E-state index in [1.54, 1.807) is 12.1 Å². The molecule has 72 valence electrons. The molecule has 0 saturated heterocycles. The van der Waals surface area contributed by atoms with Gasteiger partial charge in [-0.2, -0.15) is 0 Å². The number of rotatable bonds is 0. The highest BCUT2D eigenvalue weighted by atomic mass is 35.5. The molecule has 4 heteroatoms. The molecule has 0 aliphatic carbocycles. The van der Waals surface area contributed by atoms with Crippen LogP contribution in [0.2, 0.25) is 10.0 Å². The first-order valence-corrected chi connectivity index (χ1v) is 4.65. The summed E-state index contributed by atoms with van der Waals surface area (Å²) in [5.74, 6) is -0.0988. The molecule has 0 aliphatic heterocycles. The first kappa shape index (κ1) is 9.44. The zero-order chi connectivity index (χ0) is 10.3. The number of fused-ring (bicyclic) bond motifs is 1. The summed E-state index contributed by atoms with van der Waals surface area (Å²) in [4.78, 5) is 0. The molecule has 0 amide bonds. The standard InChI is InChI=1S/C10H6Cl2O2/c11-9-6(13)3-1-5-2-4-7(14)10(12)8(5)9/h1-4,13-14H. The predicted molar refractivity (Wildman–Crippen MR) is 57.3 cm³/mol. The molecule has 0 radical (unpaired) electrons. The van der Waals surface area contributed by atoms with Crippen LogP contribution in [0.4, 0.5) is 0 Å². The number of benzene rings is 2. The number of phenolic OH excluding ortho intramolecular Hbond substituents is 2. The van der Waals surface area contributed by atoms with E-state index < -0.39 is 0 Å². The highest BCUT2D eigenvalue weighted by Gasteiger charge is 2.10. The molecular formula is C10H6Cl2O2. The fourth-order valence-electron chi connectivity index (χ4n) is 1.31.